The third kappa shape index (κ3) is 3.58. The predicted octanol–water partition coefficient (Wildman–Crippen LogP) is 1.95. The van der Waals surface area contributed by atoms with E-state index in [2.05, 4.69) is 15.0 Å². The molecule has 0 spiro atoms. The fourth-order valence-electron chi connectivity index (χ4n) is 1.61. The van der Waals surface area contributed by atoms with E-state index in [0.29, 0.717) is 18.9 Å². The van der Waals surface area contributed by atoms with Crippen molar-refractivity contribution < 1.29 is 4.79 Å². The van der Waals surface area contributed by atoms with Crippen molar-refractivity contribution in [2.75, 3.05) is 18.5 Å². The molecule has 0 radical (unpaired) electrons. The molecule has 0 unspecified atom stereocenters. The molecule has 0 amide bonds. The fraction of sp³-hybridized carbons (Fsp3) is 0.286. The number of anilines is 1. The van der Waals surface area contributed by atoms with Crippen molar-refractivity contribution in [1.82, 2.24) is 15.0 Å². The third-order valence-corrected chi connectivity index (χ3v) is 2.74. The van der Waals surface area contributed by atoms with E-state index in [4.69, 9.17) is 0 Å². The standard InChI is InChI=1S/C14H16N4O/c1-11(19)6-8-18(2)14-16-9-12(10-17-14)13-5-3-4-7-15-13/h3-5,7,9-10H,6,8H2,1-2H3. The van der Waals surface area contributed by atoms with Crippen molar-refractivity contribution in [3.8, 4) is 11.3 Å². The molecule has 2 aromatic heterocycles. The van der Waals surface area contributed by atoms with Crippen LogP contribution in [0.25, 0.3) is 11.3 Å². The topological polar surface area (TPSA) is 59.0 Å². The SMILES string of the molecule is CC(=O)CCN(C)c1ncc(-c2ccccn2)cn1. The van der Waals surface area contributed by atoms with Crippen LogP contribution in [0.4, 0.5) is 5.95 Å². The smallest absolute Gasteiger partial charge is 0.225 e. The lowest BCUT2D eigenvalue weighted by Gasteiger charge is -2.15. The summed E-state index contributed by atoms with van der Waals surface area (Å²) in [5.74, 6) is 0.776. The highest BCUT2D eigenvalue weighted by molar-refractivity contribution is 5.76. The molecule has 2 aromatic rings. The second kappa shape index (κ2) is 6.04. The molecule has 0 atom stereocenters. The summed E-state index contributed by atoms with van der Waals surface area (Å²) < 4.78 is 0. The van der Waals surface area contributed by atoms with Gasteiger partial charge in [-0.05, 0) is 19.1 Å². The Labute approximate surface area is 112 Å². The number of ketones is 1. The molecule has 2 heterocycles. The van der Waals surface area contributed by atoms with Crippen LogP contribution < -0.4 is 4.90 Å². The highest BCUT2D eigenvalue weighted by Crippen LogP contribution is 2.15. The Morgan fingerprint density at radius 2 is 1.95 bits per heavy atom. The summed E-state index contributed by atoms with van der Waals surface area (Å²) in [6.07, 6.45) is 5.73. The van der Waals surface area contributed by atoms with Crippen LogP contribution >= 0.6 is 0 Å². The predicted molar refractivity (Wildman–Crippen MR) is 73.8 cm³/mol. The lowest BCUT2D eigenvalue weighted by atomic mass is 10.2. The van der Waals surface area contributed by atoms with E-state index in [9.17, 15) is 4.79 Å². The molecule has 0 aliphatic carbocycles. The Morgan fingerprint density at radius 3 is 2.53 bits per heavy atom. The lowest BCUT2D eigenvalue weighted by Crippen LogP contribution is -2.22. The summed E-state index contributed by atoms with van der Waals surface area (Å²) >= 11 is 0. The fourth-order valence-corrected chi connectivity index (χ4v) is 1.61. The van der Waals surface area contributed by atoms with E-state index in [1.54, 1.807) is 25.5 Å². The van der Waals surface area contributed by atoms with Crippen LogP contribution in [0.3, 0.4) is 0 Å². The van der Waals surface area contributed by atoms with E-state index in [1.807, 2.05) is 30.1 Å². The maximum Gasteiger partial charge on any atom is 0.225 e. The number of pyridine rings is 1. The zero-order valence-corrected chi connectivity index (χ0v) is 11.1. The summed E-state index contributed by atoms with van der Waals surface area (Å²) in [6, 6.07) is 5.71. The summed E-state index contributed by atoms with van der Waals surface area (Å²) in [5, 5.41) is 0. The van der Waals surface area contributed by atoms with Crippen LogP contribution in [0.5, 0.6) is 0 Å². The largest absolute Gasteiger partial charge is 0.343 e. The van der Waals surface area contributed by atoms with Gasteiger partial charge in [-0.15, -0.1) is 0 Å². The van der Waals surface area contributed by atoms with Gasteiger partial charge in [-0.1, -0.05) is 6.07 Å². The van der Waals surface area contributed by atoms with E-state index < -0.39 is 0 Å². The Kier molecular flexibility index (Phi) is 4.18. The number of hydrogen-bond donors (Lipinski definition) is 0. The van der Waals surface area contributed by atoms with Gasteiger partial charge >= 0.3 is 0 Å². The van der Waals surface area contributed by atoms with Crippen LogP contribution in [-0.2, 0) is 4.79 Å². The second-order valence-electron chi connectivity index (χ2n) is 4.36. The quantitative estimate of drug-likeness (QED) is 0.818. The van der Waals surface area contributed by atoms with Crippen molar-refractivity contribution in [1.29, 1.82) is 0 Å². The Balaban J connectivity index is 2.08. The van der Waals surface area contributed by atoms with E-state index in [-0.39, 0.29) is 5.78 Å². The number of carbonyl (C=O) groups is 1. The van der Waals surface area contributed by atoms with Crippen molar-refractivity contribution in [3.63, 3.8) is 0 Å². The van der Waals surface area contributed by atoms with Crippen molar-refractivity contribution in [3.05, 3.63) is 36.8 Å². The minimum absolute atomic E-state index is 0.164. The summed E-state index contributed by atoms with van der Waals surface area (Å²) in [7, 11) is 1.87. The number of Topliss-reactive ketones (excluding diaryl/α,β-unsaturated/α-hetero) is 1. The number of rotatable bonds is 5. The van der Waals surface area contributed by atoms with E-state index in [0.717, 1.165) is 11.3 Å². The summed E-state index contributed by atoms with van der Waals surface area (Å²) in [5.41, 5.74) is 1.73. The van der Waals surface area contributed by atoms with Gasteiger partial charge in [-0.3, -0.25) is 9.78 Å². The molecule has 0 aromatic carbocycles. The van der Waals surface area contributed by atoms with Crippen LogP contribution in [-0.4, -0.2) is 34.3 Å². The molecule has 0 saturated carbocycles. The molecule has 2 rings (SSSR count). The normalized spacial score (nSPS) is 10.2. The number of nitrogens with zero attached hydrogens (tertiary/aromatic N) is 4. The van der Waals surface area contributed by atoms with Gasteiger partial charge in [0.2, 0.25) is 5.95 Å². The molecule has 5 heteroatoms. The highest BCUT2D eigenvalue weighted by atomic mass is 16.1. The zero-order valence-electron chi connectivity index (χ0n) is 11.1. The van der Waals surface area contributed by atoms with Gasteiger partial charge in [0.15, 0.2) is 0 Å². The van der Waals surface area contributed by atoms with Gasteiger partial charge in [-0.25, -0.2) is 9.97 Å². The zero-order chi connectivity index (χ0) is 13.7. The first-order chi connectivity index (χ1) is 9.16. The van der Waals surface area contributed by atoms with Crippen LogP contribution in [0.15, 0.2) is 36.8 Å². The van der Waals surface area contributed by atoms with E-state index >= 15 is 0 Å². The van der Waals surface area contributed by atoms with Gasteiger partial charge in [0.1, 0.15) is 5.78 Å². The van der Waals surface area contributed by atoms with Gasteiger partial charge < -0.3 is 4.90 Å². The van der Waals surface area contributed by atoms with Gasteiger partial charge in [0.05, 0.1) is 5.69 Å². The van der Waals surface area contributed by atoms with Crippen molar-refractivity contribution in [2.24, 2.45) is 0 Å². The molecular formula is C14H16N4O. The number of hydrogen-bond acceptors (Lipinski definition) is 5. The second-order valence-corrected chi connectivity index (χ2v) is 4.36. The molecule has 0 aliphatic rings. The molecule has 5 nitrogen and oxygen atoms in total. The maximum absolute atomic E-state index is 10.9. The van der Waals surface area contributed by atoms with Gasteiger partial charge in [-0.2, -0.15) is 0 Å². The first-order valence-electron chi connectivity index (χ1n) is 6.11. The molecule has 0 fully saturated rings. The molecule has 19 heavy (non-hydrogen) atoms. The number of carbonyl (C=O) groups excluding carboxylic acids is 1. The Hall–Kier alpha value is -2.30. The average molecular weight is 256 g/mol. The maximum atomic E-state index is 10.9. The highest BCUT2D eigenvalue weighted by Gasteiger charge is 2.06. The molecule has 98 valence electrons. The van der Waals surface area contributed by atoms with Crippen LogP contribution in [0, 0.1) is 0 Å². The average Bonchev–Trinajstić information content (AvgIpc) is 2.46. The monoisotopic (exact) mass is 256 g/mol. The molecule has 0 aliphatic heterocycles. The summed E-state index contributed by atoms with van der Waals surface area (Å²) in [6.45, 7) is 2.21. The van der Waals surface area contributed by atoms with Crippen molar-refractivity contribution in [2.45, 2.75) is 13.3 Å². The molecule has 0 saturated heterocycles. The molecule has 0 bridgehead atoms. The first-order valence-corrected chi connectivity index (χ1v) is 6.11. The number of aromatic nitrogens is 3. The van der Waals surface area contributed by atoms with E-state index in [1.165, 1.54) is 0 Å². The van der Waals surface area contributed by atoms with Gasteiger partial charge in [0, 0.05) is 44.2 Å². The van der Waals surface area contributed by atoms with Crippen LogP contribution in [0.1, 0.15) is 13.3 Å². The van der Waals surface area contributed by atoms with Crippen LogP contribution in [0.2, 0.25) is 0 Å². The molecular weight excluding hydrogens is 240 g/mol. The molecule has 0 N–H and O–H groups in total. The third-order valence-electron chi connectivity index (χ3n) is 2.74. The minimum atomic E-state index is 0.164. The Bertz CT molecular complexity index is 539. The minimum Gasteiger partial charge on any atom is -0.343 e. The Morgan fingerprint density at radius 1 is 1.21 bits per heavy atom. The lowest BCUT2D eigenvalue weighted by molar-refractivity contribution is -0.116. The van der Waals surface area contributed by atoms with Crippen molar-refractivity contribution >= 4 is 11.7 Å². The first kappa shape index (κ1) is 13.1. The summed E-state index contributed by atoms with van der Waals surface area (Å²) in [4.78, 5) is 25.6. The van der Waals surface area contributed by atoms with Gasteiger partial charge in [0.25, 0.3) is 0 Å².